The van der Waals surface area contributed by atoms with Crippen molar-refractivity contribution >= 4 is 16.8 Å². The van der Waals surface area contributed by atoms with Gasteiger partial charge in [-0.2, -0.15) is 0 Å². The summed E-state index contributed by atoms with van der Waals surface area (Å²) in [5.74, 6) is 1.16. The molecule has 0 atom stereocenters. The molecule has 0 unspecified atom stereocenters. The van der Waals surface area contributed by atoms with E-state index in [0.717, 1.165) is 10.9 Å². The van der Waals surface area contributed by atoms with Gasteiger partial charge in [0.05, 0.1) is 18.7 Å². The van der Waals surface area contributed by atoms with Crippen molar-refractivity contribution in [2.45, 2.75) is 0 Å². The molecule has 1 amide bonds. The lowest BCUT2D eigenvalue weighted by molar-refractivity contribution is 0.0299. The van der Waals surface area contributed by atoms with Crippen LogP contribution in [-0.2, 0) is 4.74 Å². The van der Waals surface area contributed by atoms with Crippen LogP contribution < -0.4 is 4.74 Å². The van der Waals surface area contributed by atoms with Gasteiger partial charge < -0.3 is 14.4 Å². The van der Waals surface area contributed by atoms with Gasteiger partial charge in [0.15, 0.2) is 0 Å². The highest BCUT2D eigenvalue weighted by molar-refractivity contribution is 5.95. The molecule has 6 nitrogen and oxygen atoms in total. The van der Waals surface area contributed by atoms with Gasteiger partial charge in [-0.3, -0.25) is 4.79 Å². The summed E-state index contributed by atoms with van der Waals surface area (Å²) in [5, 5.41) is 0.909. The Bertz CT molecular complexity index is 893. The van der Waals surface area contributed by atoms with Crippen LogP contribution in [0.1, 0.15) is 10.5 Å². The number of carbonyl (C=O) groups is 1. The third-order valence-electron chi connectivity index (χ3n) is 4.04. The monoisotopic (exact) mass is 335 g/mol. The van der Waals surface area contributed by atoms with Gasteiger partial charge in [-0.1, -0.05) is 12.1 Å². The van der Waals surface area contributed by atoms with Crippen molar-refractivity contribution in [1.82, 2.24) is 14.9 Å². The molecular formula is C19H17N3O3. The topological polar surface area (TPSA) is 64.5 Å². The summed E-state index contributed by atoms with van der Waals surface area (Å²) < 4.78 is 11.0. The zero-order valence-electron chi connectivity index (χ0n) is 13.6. The quantitative estimate of drug-likeness (QED) is 0.736. The van der Waals surface area contributed by atoms with Crippen molar-refractivity contribution < 1.29 is 14.3 Å². The van der Waals surface area contributed by atoms with E-state index in [1.807, 2.05) is 36.4 Å². The highest BCUT2D eigenvalue weighted by Gasteiger charge is 2.19. The molecule has 1 saturated heterocycles. The molecule has 0 bridgehead atoms. The molecule has 1 fully saturated rings. The van der Waals surface area contributed by atoms with E-state index in [4.69, 9.17) is 9.47 Å². The molecule has 0 aliphatic carbocycles. The van der Waals surface area contributed by atoms with Gasteiger partial charge in [-0.25, -0.2) is 9.97 Å². The largest absolute Gasteiger partial charge is 0.439 e. The van der Waals surface area contributed by atoms with Gasteiger partial charge in [0.25, 0.3) is 5.91 Å². The van der Waals surface area contributed by atoms with E-state index in [9.17, 15) is 4.79 Å². The summed E-state index contributed by atoms with van der Waals surface area (Å²) in [4.78, 5) is 22.9. The fraction of sp³-hybridized carbons (Fsp3) is 0.211. The maximum atomic E-state index is 12.5. The van der Waals surface area contributed by atoms with Crippen LogP contribution in [0.3, 0.4) is 0 Å². The Kier molecular flexibility index (Phi) is 4.26. The minimum atomic E-state index is -0.0565. The lowest BCUT2D eigenvalue weighted by Gasteiger charge is -2.26. The lowest BCUT2D eigenvalue weighted by Crippen LogP contribution is -2.41. The smallest absolute Gasteiger partial charge is 0.272 e. The predicted octanol–water partition coefficient (Wildman–Crippen LogP) is 2.89. The van der Waals surface area contributed by atoms with E-state index in [-0.39, 0.29) is 5.91 Å². The first-order valence-corrected chi connectivity index (χ1v) is 8.16. The molecule has 25 heavy (non-hydrogen) atoms. The number of carbonyl (C=O) groups excluding carboxylic acids is 1. The van der Waals surface area contributed by atoms with Crippen LogP contribution in [0.4, 0.5) is 0 Å². The van der Waals surface area contributed by atoms with E-state index in [2.05, 4.69) is 9.97 Å². The number of ether oxygens (including phenoxy) is 2. The number of fused-ring (bicyclic) bond motifs is 1. The van der Waals surface area contributed by atoms with Gasteiger partial charge in [-0.05, 0) is 30.3 Å². The molecule has 2 aromatic heterocycles. The molecule has 0 radical (unpaired) electrons. The fourth-order valence-corrected chi connectivity index (χ4v) is 2.74. The van der Waals surface area contributed by atoms with Crippen LogP contribution in [0.2, 0.25) is 0 Å². The maximum Gasteiger partial charge on any atom is 0.272 e. The minimum absolute atomic E-state index is 0.0565. The highest BCUT2D eigenvalue weighted by Crippen LogP contribution is 2.24. The molecule has 6 heteroatoms. The number of amides is 1. The third-order valence-corrected chi connectivity index (χ3v) is 4.04. The average Bonchev–Trinajstić information content (AvgIpc) is 2.68. The van der Waals surface area contributed by atoms with Crippen LogP contribution in [0, 0.1) is 0 Å². The van der Waals surface area contributed by atoms with Gasteiger partial charge in [-0.15, -0.1) is 0 Å². The van der Waals surface area contributed by atoms with Crippen LogP contribution in [-0.4, -0.2) is 47.1 Å². The number of aromatic nitrogens is 2. The Labute approximate surface area is 145 Å². The van der Waals surface area contributed by atoms with Gasteiger partial charge in [0.2, 0.25) is 5.88 Å². The number of rotatable bonds is 3. The standard InChI is InChI=1S/C19H17N3O3/c23-19(22-9-11-24-12-10-22)17-6-4-14-13-15(5-7-16(14)21-17)25-18-3-1-2-8-20-18/h1-8,13H,9-12H2. The van der Waals surface area contributed by atoms with E-state index < -0.39 is 0 Å². The molecule has 126 valence electrons. The number of hydrogen-bond acceptors (Lipinski definition) is 5. The second kappa shape index (κ2) is 6.86. The van der Waals surface area contributed by atoms with Gasteiger partial charge in [0, 0.05) is 30.7 Å². The molecule has 1 aliphatic rings. The van der Waals surface area contributed by atoms with Crippen LogP contribution in [0.25, 0.3) is 10.9 Å². The fourth-order valence-electron chi connectivity index (χ4n) is 2.74. The summed E-state index contributed by atoms with van der Waals surface area (Å²) in [6.07, 6.45) is 1.68. The van der Waals surface area contributed by atoms with Crippen molar-refractivity contribution in [3.8, 4) is 11.6 Å². The van der Waals surface area contributed by atoms with Crippen LogP contribution in [0.5, 0.6) is 11.6 Å². The second-order valence-electron chi connectivity index (χ2n) is 5.73. The highest BCUT2D eigenvalue weighted by atomic mass is 16.5. The average molecular weight is 335 g/mol. The summed E-state index contributed by atoms with van der Waals surface area (Å²) in [5.41, 5.74) is 1.21. The van der Waals surface area contributed by atoms with Crippen molar-refractivity contribution in [2.24, 2.45) is 0 Å². The number of pyridine rings is 2. The lowest BCUT2D eigenvalue weighted by atomic mass is 10.2. The van der Waals surface area contributed by atoms with Crippen molar-refractivity contribution in [3.05, 3.63) is 60.4 Å². The van der Waals surface area contributed by atoms with Gasteiger partial charge >= 0.3 is 0 Å². The predicted molar refractivity (Wildman–Crippen MR) is 92.8 cm³/mol. The Hall–Kier alpha value is -2.99. The summed E-state index contributed by atoms with van der Waals surface area (Å²) in [6.45, 7) is 2.37. The first-order chi connectivity index (χ1) is 12.3. The molecular weight excluding hydrogens is 318 g/mol. The van der Waals surface area contributed by atoms with Crippen LogP contribution >= 0.6 is 0 Å². The molecule has 1 aromatic carbocycles. The van der Waals surface area contributed by atoms with Crippen molar-refractivity contribution in [1.29, 1.82) is 0 Å². The number of morpholine rings is 1. The normalized spacial score (nSPS) is 14.5. The third kappa shape index (κ3) is 3.44. The molecule has 3 heterocycles. The van der Waals surface area contributed by atoms with Crippen LogP contribution in [0.15, 0.2) is 54.7 Å². The molecule has 4 rings (SSSR count). The SMILES string of the molecule is O=C(c1ccc2cc(Oc3ccccn3)ccc2n1)N1CCOCC1. The summed E-state index contributed by atoms with van der Waals surface area (Å²) in [6, 6.07) is 14.7. The molecule has 0 N–H and O–H groups in total. The minimum Gasteiger partial charge on any atom is -0.439 e. The molecule has 1 aliphatic heterocycles. The summed E-state index contributed by atoms with van der Waals surface area (Å²) >= 11 is 0. The van der Waals surface area contributed by atoms with E-state index in [1.165, 1.54) is 0 Å². The maximum absolute atomic E-state index is 12.5. The number of nitrogens with zero attached hydrogens (tertiary/aromatic N) is 3. The molecule has 0 spiro atoms. The zero-order valence-corrected chi connectivity index (χ0v) is 13.6. The molecule has 3 aromatic rings. The van der Waals surface area contributed by atoms with E-state index >= 15 is 0 Å². The Balaban J connectivity index is 1.57. The summed E-state index contributed by atoms with van der Waals surface area (Å²) in [7, 11) is 0. The Morgan fingerprint density at radius 3 is 2.76 bits per heavy atom. The second-order valence-corrected chi connectivity index (χ2v) is 5.73. The Morgan fingerprint density at radius 1 is 1.08 bits per heavy atom. The zero-order chi connectivity index (χ0) is 17.1. The molecule has 0 saturated carbocycles. The van der Waals surface area contributed by atoms with Crippen molar-refractivity contribution in [3.63, 3.8) is 0 Å². The number of hydrogen-bond donors (Lipinski definition) is 0. The first-order valence-electron chi connectivity index (χ1n) is 8.16. The first kappa shape index (κ1) is 15.5. The van der Waals surface area contributed by atoms with E-state index in [0.29, 0.717) is 43.6 Å². The van der Waals surface area contributed by atoms with E-state index in [1.54, 1.807) is 23.2 Å². The van der Waals surface area contributed by atoms with Gasteiger partial charge in [0.1, 0.15) is 11.4 Å². The Morgan fingerprint density at radius 2 is 1.96 bits per heavy atom. The van der Waals surface area contributed by atoms with Crippen molar-refractivity contribution in [2.75, 3.05) is 26.3 Å². The number of benzene rings is 1.